The van der Waals surface area contributed by atoms with Crippen LogP contribution in [0.3, 0.4) is 0 Å². The highest BCUT2D eigenvalue weighted by Crippen LogP contribution is 2.08. The fourth-order valence-electron chi connectivity index (χ4n) is 1.93. The van der Waals surface area contributed by atoms with Gasteiger partial charge in [-0.25, -0.2) is 4.79 Å². The summed E-state index contributed by atoms with van der Waals surface area (Å²) in [5, 5.41) is 0. The topological polar surface area (TPSA) is 38.8 Å². The number of carbonyl (C=O) groups excluding carboxylic acids is 1. The lowest BCUT2D eigenvalue weighted by molar-refractivity contribution is 0.0343. The van der Waals surface area contributed by atoms with Crippen LogP contribution in [0.1, 0.15) is 11.1 Å². The van der Waals surface area contributed by atoms with Crippen LogP contribution in [0.25, 0.3) is 0 Å². The molecule has 0 heterocycles. The third-order valence-electron chi connectivity index (χ3n) is 2.96. The van der Waals surface area contributed by atoms with E-state index in [2.05, 4.69) is 0 Å². The van der Waals surface area contributed by atoms with Gasteiger partial charge in [0.1, 0.15) is 13.3 Å². The molecule has 4 heteroatoms. The van der Waals surface area contributed by atoms with E-state index in [1.54, 1.807) is 7.11 Å². The number of ether oxygens (including phenoxy) is 2. The summed E-state index contributed by atoms with van der Waals surface area (Å²) in [5.74, 6) is 0. The molecule has 0 aliphatic rings. The van der Waals surface area contributed by atoms with E-state index in [-0.39, 0.29) is 19.4 Å². The molecule has 0 atom stereocenters. The number of methoxy groups -OCH3 is 1. The van der Waals surface area contributed by atoms with Crippen molar-refractivity contribution >= 4 is 6.09 Å². The van der Waals surface area contributed by atoms with Crippen molar-refractivity contribution in [1.29, 1.82) is 0 Å². The van der Waals surface area contributed by atoms with E-state index in [0.717, 1.165) is 11.1 Å². The Morgan fingerprint density at radius 1 is 0.952 bits per heavy atom. The first-order chi connectivity index (χ1) is 10.3. The van der Waals surface area contributed by atoms with Crippen molar-refractivity contribution in [3.8, 4) is 0 Å². The summed E-state index contributed by atoms with van der Waals surface area (Å²) in [5.41, 5.74) is 1.99. The third-order valence-corrected chi connectivity index (χ3v) is 2.96. The van der Waals surface area contributed by atoms with Gasteiger partial charge in [-0.1, -0.05) is 60.7 Å². The maximum atomic E-state index is 12.1. The molecule has 0 saturated carbocycles. The van der Waals surface area contributed by atoms with Crippen LogP contribution in [0.5, 0.6) is 0 Å². The van der Waals surface area contributed by atoms with Gasteiger partial charge in [-0.05, 0) is 11.1 Å². The van der Waals surface area contributed by atoms with Crippen molar-refractivity contribution < 1.29 is 14.3 Å². The lowest BCUT2D eigenvalue weighted by Crippen LogP contribution is -2.32. The molecular formula is C17H19NO3. The molecule has 0 bridgehead atoms. The van der Waals surface area contributed by atoms with Crippen LogP contribution in [-0.4, -0.2) is 24.8 Å². The highest BCUT2D eigenvalue weighted by molar-refractivity contribution is 5.67. The lowest BCUT2D eigenvalue weighted by Gasteiger charge is -2.21. The highest BCUT2D eigenvalue weighted by Gasteiger charge is 2.15. The van der Waals surface area contributed by atoms with Crippen LogP contribution in [0.2, 0.25) is 0 Å². The standard InChI is InChI=1S/C17H19NO3/c1-20-14-18(12-15-8-4-2-5-9-15)17(19)21-13-16-10-6-3-7-11-16/h2-11H,12-14H2,1H3. The Hall–Kier alpha value is -2.33. The van der Waals surface area contributed by atoms with Crippen LogP contribution in [-0.2, 0) is 22.6 Å². The molecule has 0 aliphatic carbocycles. The molecule has 4 nitrogen and oxygen atoms in total. The summed E-state index contributed by atoms with van der Waals surface area (Å²) in [6.45, 7) is 0.916. The maximum Gasteiger partial charge on any atom is 0.412 e. The van der Waals surface area contributed by atoms with Crippen molar-refractivity contribution in [1.82, 2.24) is 4.90 Å². The molecule has 0 spiro atoms. The van der Waals surface area contributed by atoms with E-state index in [9.17, 15) is 4.79 Å². The SMILES string of the molecule is COCN(Cc1ccccc1)C(=O)OCc1ccccc1. The summed E-state index contributed by atoms with van der Waals surface area (Å²) in [7, 11) is 1.56. The minimum absolute atomic E-state index is 0.197. The Morgan fingerprint density at radius 3 is 2.10 bits per heavy atom. The number of benzene rings is 2. The van der Waals surface area contributed by atoms with Gasteiger partial charge in [0.25, 0.3) is 0 Å². The quantitative estimate of drug-likeness (QED) is 0.763. The van der Waals surface area contributed by atoms with E-state index in [1.807, 2.05) is 60.7 Å². The number of nitrogens with zero attached hydrogens (tertiary/aromatic N) is 1. The van der Waals surface area contributed by atoms with Crippen LogP contribution < -0.4 is 0 Å². The number of rotatable bonds is 6. The first-order valence-electron chi connectivity index (χ1n) is 6.78. The number of hydrogen-bond acceptors (Lipinski definition) is 3. The van der Waals surface area contributed by atoms with Gasteiger partial charge in [-0.2, -0.15) is 0 Å². The van der Waals surface area contributed by atoms with Crippen molar-refractivity contribution in [2.24, 2.45) is 0 Å². The van der Waals surface area contributed by atoms with Crippen molar-refractivity contribution in [2.75, 3.05) is 13.8 Å². The zero-order chi connectivity index (χ0) is 14.9. The molecule has 0 saturated heterocycles. The smallest absolute Gasteiger partial charge is 0.412 e. The average Bonchev–Trinajstić information content (AvgIpc) is 2.54. The third kappa shape index (κ3) is 4.93. The molecule has 2 aromatic rings. The molecule has 0 N–H and O–H groups in total. The highest BCUT2D eigenvalue weighted by atomic mass is 16.6. The Labute approximate surface area is 124 Å². The van der Waals surface area contributed by atoms with Crippen LogP contribution in [0, 0.1) is 0 Å². The van der Waals surface area contributed by atoms with Crippen molar-refractivity contribution in [2.45, 2.75) is 13.2 Å². The molecule has 0 fully saturated rings. The minimum Gasteiger partial charge on any atom is -0.444 e. The fourth-order valence-corrected chi connectivity index (χ4v) is 1.93. The average molecular weight is 285 g/mol. The monoisotopic (exact) mass is 285 g/mol. The Bertz CT molecular complexity index is 542. The van der Waals surface area contributed by atoms with E-state index in [1.165, 1.54) is 4.90 Å². The van der Waals surface area contributed by atoms with Gasteiger partial charge in [0, 0.05) is 7.11 Å². The summed E-state index contributed by atoms with van der Waals surface area (Å²) in [4.78, 5) is 13.7. The largest absolute Gasteiger partial charge is 0.444 e. The predicted molar refractivity (Wildman–Crippen MR) is 80.5 cm³/mol. The number of amides is 1. The molecule has 110 valence electrons. The first-order valence-corrected chi connectivity index (χ1v) is 6.78. The van der Waals surface area contributed by atoms with Crippen LogP contribution in [0.4, 0.5) is 4.79 Å². The predicted octanol–water partition coefficient (Wildman–Crippen LogP) is 3.43. The lowest BCUT2D eigenvalue weighted by atomic mass is 10.2. The van der Waals surface area contributed by atoms with Gasteiger partial charge < -0.3 is 9.47 Å². The van der Waals surface area contributed by atoms with E-state index >= 15 is 0 Å². The normalized spacial score (nSPS) is 10.1. The zero-order valence-electron chi connectivity index (χ0n) is 12.1. The van der Waals surface area contributed by atoms with Gasteiger partial charge in [-0.3, -0.25) is 4.90 Å². The van der Waals surface area contributed by atoms with E-state index in [0.29, 0.717) is 6.54 Å². The van der Waals surface area contributed by atoms with Crippen LogP contribution in [0.15, 0.2) is 60.7 Å². The maximum absolute atomic E-state index is 12.1. The van der Waals surface area contributed by atoms with Crippen molar-refractivity contribution in [3.63, 3.8) is 0 Å². The first kappa shape index (κ1) is 15.1. The Balaban J connectivity index is 1.92. The Kier molecular flexibility index (Phi) is 5.79. The molecule has 0 radical (unpaired) electrons. The molecule has 2 rings (SSSR count). The molecule has 0 unspecified atom stereocenters. The Morgan fingerprint density at radius 2 is 1.52 bits per heavy atom. The van der Waals surface area contributed by atoms with Gasteiger partial charge in [0.2, 0.25) is 0 Å². The number of hydrogen-bond donors (Lipinski definition) is 0. The molecule has 2 aromatic carbocycles. The number of carbonyl (C=O) groups is 1. The second kappa shape index (κ2) is 8.07. The van der Waals surface area contributed by atoms with E-state index in [4.69, 9.17) is 9.47 Å². The summed E-state index contributed by atoms with van der Waals surface area (Å²) < 4.78 is 10.4. The van der Waals surface area contributed by atoms with Gasteiger partial charge in [0.15, 0.2) is 0 Å². The summed E-state index contributed by atoms with van der Waals surface area (Å²) in [6, 6.07) is 19.4. The van der Waals surface area contributed by atoms with E-state index < -0.39 is 0 Å². The molecule has 21 heavy (non-hydrogen) atoms. The van der Waals surface area contributed by atoms with Crippen molar-refractivity contribution in [3.05, 3.63) is 71.8 Å². The van der Waals surface area contributed by atoms with Gasteiger partial charge in [-0.15, -0.1) is 0 Å². The van der Waals surface area contributed by atoms with Gasteiger partial charge >= 0.3 is 6.09 Å². The molecular weight excluding hydrogens is 266 g/mol. The summed E-state index contributed by atoms with van der Waals surface area (Å²) in [6.07, 6.45) is -0.385. The molecule has 0 aromatic heterocycles. The second-order valence-corrected chi connectivity index (χ2v) is 4.64. The minimum atomic E-state index is -0.385. The summed E-state index contributed by atoms with van der Waals surface area (Å²) >= 11 is 0. The van der Waals surface area contributed by atoms with Crippen LogP contribution >= 0.6 is 0 Å². The van der Waals surface area contributed by atoms with Gasteiger partial charge in [0.05, 0.1) is 6.54 Å². The fraction of sp³-hybridized carbons (Fsp3) is 0.235. The second-order valence-electron chi connectivity index (χ2n) is 4.64. The molecule has 1 amide bonds. The zero-order valence-corrected chi connectivity index (χ0v) is 12.1. The molecule has 0 aliphatic heterocycles.